The lowest BCUT2D eigenvalue weighted by molar-refractivity contribution is -0.147. The molecule has 1 aliphatic rings. The van der Waals surface area contributed by atoms with Crippen molar-refractivity contribution in [1.29, 1.82) is 0 Å². The molecule has 8 heteroatoms. The van der Waals surface area contributed by atoms with Crippen LogP contribution < -0.4 is 10.6 Å². The van der Waals surface area contributed by atoms with E-state index in [1.54, 1.807) is 19.1 Å². The van der Waals surface area contributed by atoms with Gasteiger partial charge in [-0.3, -0.25) is 9.59 Å². The zero-order valence-electron chi connectivity index (χ0n) is 12.3. The Bertz CT molecular complexity index is 560. The van der Waals surface area contributed by atoms with Crippen molar-refractivity contribution >= 4 is 29.2 Å². The number of hydrogen-bond donors (Lipinski definition) is 3. The molecule has 0 radical (unpaired) electrons. The van der Waals surface area contributed by atoms with Gasteiger partial charge in [-0.15, -0.1) is 11.3 Å². The third-order valence-electron chi connectivity index (χ3n) is 3.71. The van der Waals surface area contributed by atoms with Crippen LogP contribution in [0.25, 0.3) is 0 Å². The molecule has 0 saturated carbocycles. The van der Waals surface area contributed by atoms with Crippen LogP contribution in [-0.2, 0) is 4.79 Å². The quantitative estimate of drug-likeness (QED) is 0.703. The van der Waals surface area contributed by atoms with E-state index in [4.69, 9.17) is 5.11 Å². The minimum atomic E-state index is -0.883. The molecular weight excluding hydrogens is 306 g/mol. The number of likely N-dealkylation sites (tertiary alicyclic amines) is 1. The van der Waals surface area contributed by atoms with Crippen LogP contribution in [0.5, 0.6) is 0 Å². The summed E-state index contributed by atoms with van der Waals surface area (Å²) in [4.78, 5) is 36.9. The number of carboxylic acids is 1. The molecule has 0 aliphatic carbocycles. The molecule has 1 aliphatic heterocycles. The standard InChI is InChI=1S/C14H19N3O4S/c1-14(12(19)20)4-7-17(9-14)13(21)16-6-5-15-11(18)10-3-2-8-22-10/h2-3,8H,4-7,9H2,1H3,(H,15,18)(H,16,21)(H,19,20). The summed E-state index contributed by atoms with van der Waals surface area (Å²) in [6, 6.07) is 3.24. The SMILES string of the molecule is CC1(C(=O)O)CCN(C(=O)NCCNC(=O)c2cccs2)C1. The molecule has 7 nitrogen and oxygen atoms in total. The van der Waals surface area contributed by atoms with Crippen LogP contribution >= 0.6 is 11.3 Å². The van der Waals surface area contributed by atoms with Crippen molar-refractivity contribution in [2.24, 2.45) is 5.41 Å². The van der Waals surface area contributed by atoms with Crippen molar-refractivity contribution in [2.45, 2.75) is 13.3 Å². The van der Waals surface area contributed by atoms with E-state index in [1.807, 2.05) is 5.38 Å². The van der Waals surface area contributed by atoms with Gasteiger partial charge in [0.15, 0.2) is 0 Å². The van der Waals surface area contributed by atoms with E-state index in [1.165, 1.54) is 16.2 Å². The Hall–Kier alpha value is -2.09. The number of aliphatic carboxylic acids is 1. The summed E-state index contributed by atoms with van der Waals surface area (Å²) >= 11 is 1.35. The highest BCUT2D eigenvalue weighted by Crippen LogP contribution is 2.29. The minimum absolute atomic E-state index is 0.163. The molecule has 120 valence electrons. The van der Waals surface area contributed by atoms with E-state index in [-0.39, 0.29) is 18.5 Å². The Morgan fingerprint density at radius 1 is 1.36 bits per heavy atom. The number of thiophene rings is 1. The number of carbonyl (C=O) groups excluding carboxylic acids is 2. The fourth-order valence-electron chi connectivity index (χ4n) is 2.26. The summed E-state index contributed by atoms with van der Waals surface area (Å²) in [6.07, 6.45) is 0.449. The van der Waals surface area contributed by atoms with Crippen molar-refractivity contribution in [3.63, 3.8) is 0 Å². The monoisotopic (exact) mass is 325 g/mol. The molecule has 1 atom stereocenters. The Balaban J connectivity index is 1.68. The summed E-state index contributed by atoms with van der Waals surface area (Å²) in [7, 11) is 0. The van der Waals surface area contributed by atoms with E-state index in [9.17, 15) is 14.4 Å². The van der Waals surface area contributed by atoms with E-state index < -0.39 is 11.4 Å². The smallest absolute Gasteiger partial charge is 0.317 e. The summed E-state index contributed by atoms with van der Waals surface area (Å²) in [5, 5.41) is 16.4. The first kappa shape index (κ1) is 16.3. The first-order valence-corrected chi connectivity index (χ1v) is 7.88. The molecule has 1 fully saturated rings. The summed E-state index contributed by atoms with van der Waals surface area (Å²) in [6.45, 7) is 2.90. The summed E-state index contributed by atoms with van der Waals surface area (Å²) in [5.74, 6) is -1.05. The van der Waals surface area contributed by atoms with Crippen molar-refractivity contribution in [2.75, 3.05) is 26.2 Å². The van der Waals surface area contributed by atoms with E-state index in [0.717, 1.165) is 0 Å². The fourth-order valence-corrected chi connectivity index (χ4v) is 2.90. The van der Waals surface area contributed by atoms with E-state index >= 15 is 0 Å². The number of nitrogens with zero attached hydrogens (tertiary/aromatic N) is 1. The van der Waals surface area contributed by atoms with E-state index in [2.05, 4.69) is 10.6 Å². The lowest BCUT2D eigenvalue weighted by Crippen LogP contribution is -2.43. The van der Waals surface area contributed by atoms with Crippen LogP contribution in [0.2, 0.25) is 0 Å². The maximum Gasteiger partial charge on any atom is 0.317 e. The highest BCUT2D eigenvalue weighted by atomic mass is 32.1. The van der Waals surface area contributed by atoms with E-state index in [0.29, 0.717) is 30.9 Å². The second kappa shape index (κ2) is 6.78. The van der Waals surface area contributed by atoms with Gasteiger partial charge in [0.25, 0.3) is 5.91 Å². The van der Waals surface area contributed by atoms with Gasteiger partial charge in [0.05, 0.1) is 10.3 Å². The largest absolute Gasteiger partial charge is 0.481 e. The number of rotatable bonds is 5. The van der Waals surface area contributed by atoms with Gasteiger partial charge in [-0.25, -0.2) is 4.79 Å². The average Bonchev–Trinajstić information content (AvgIpc) is 3.13. The van der Waals surface area contributed by atoms with Crippen molar-refractivity contribution in [1.82, 2.24) is 15.5 Å². The number of hydrogen-bond acceptors (Lipinski definition) is 4. The molecule has 2 rings (SSSR count). The molecule has 2 heterocycles. The van der Waals surface area contributed by atoms with Gasteiger partial charge in [0, 0.05) is 26.2 Å². The highest BCUT2D eigenvalue weighted by Gasteiger charge is 2.42. The van der Waals surface area contributed by atoms with Crippen LogP contribution in [0.3, 0.4) is 0 Å². The molecule has 1 aromatic heterocycles. The summed E-state index contributed by atoms with van der Waals surface area (Å²) < 4.78 is 0. The molecule has 1 saturated heterocycles. The normalized spacial score (nSPS) is 20.7. The molecule has 1 aromatic rings. The topological polar surface area (TPSA) is 98.7 Å². The van der Waals surface area contributed by atoms with Crippen molar-refractivity contribution in [3.05, 3.63) is 22.4 Å². The van der Waals surface area contributed by atoms with Crippen LogP contribution in [0.1, 0.15) is 23.0 Å². The highest BCUT2D eigenvalue weighted by molar-refractivity contribution is 7.12. The van der Waals surface area contributed by atoms with Gasteiger partial charge >= 0.3 is 12.0 Å². The van der Waals surface area contributed by atoms with Gasteiger partial charge < -0.3 is 20.6 Å². The summed E-state index contributed by atoms with van der Waals surface area (Å²) in [5.41, 5.74) is -0.870. The van der Waals surface area contributed by atoms with Gasteiger partial charge in [-0.2, -0.15) is 0 Å². The third kappa shape index (κ3) is 3.76. The van der Waals surface area contributed by atoms with Gasteiger partial charge in [0.1, 0.15) is 0 Å². The minimum Gasteiger partial charge on any atom is -0.481 e. The molecule has 1 unspecified atom stereocenters. The third-order valence-corrected chi connectivity index (χ3v) is 4.58. The number of carbonyl (C=O) groups is 3. The van der Waals surface area contributed by atoms with Crippen LogP contribution in [0, 0.1) is 5.41 Å². The number of amides is 3. The van der Waals surface area contributed by atoms with Crippen LogP contribution in [-0.4, -0.2) is 54.1 Å². The number of urea groups is 1. The number of carboxylic acid groups (broad SMARTS) is 1. The number of nitrogens with one attached hydrogen (secondary N) is 2. The Morgan fingerprint density at radius 3 is 2.68 bits per heavy atom. The van der Waals surface area contributed by atoms with Crippen molar-refractivity contribution < 1.29 is 19.5 Å². The zero-order chi connectivity index (χ0) is 16.2. The molecule has 3 N–H and O–H groups in total. The molecule has 0 aromatic carbocycles. The predicted octanol–water partition coefficient (Wildman–Crippen LogP) is 0.984. The molecule has 22 heavy (non-hydrogen) atoms. The van der Waals surface area contributed by atoms with Crippen LogP contribution in [0.4, 0.5) is 4.79 Å². The average molecular weight is 325 g/mol. The van der Waals surface area contributed by atoms with Crippen LogP contribution in [0.15, 0.2) is 17.5 Å². The van der Waals surface area contributed by atoms with Crippen molar-refractivity contribution in [3.8, 4) is 0 Å². The lowest BCUT2D eigenvalue weighted by atomic mass is 9.90. The fraction of sp³-hybridized carbons (Fsp3) is 0.500. The second-order valence-electron chi connectivity index (χ2n) is 5.50. The predicted molar refractivity (Wildman–Crippen MR) is 82.0 cm³/mol. The first-order chi connectivity index (χ1) is 10.4. The molecule has 0 bridgehead atoms. The Kier molecular flexibility index (Phi) is 5.02. The van der Waals surface area contributed by atoms with Gasteiger partial charge in [0.2, 0.25) is 0 Å². The molecule has 3 amide bonds. The molecule has 0 spiro atoms. The first-order valence-electron chi connectivity index (χ1n) is 7.00. The lowest BCUT2D eigenvalue weighted by Gasteiger charge is -2.20. The zero-order valence-corrected chi connectivity index (χ0v) is 13.1. The maximum absolute atomic E-state index is 11.9. The van der Waals surface area contributed by atoms with Gasteiger partial charge in [-0.05, 0) is 24.8 Å². The second-order valence-corrected chi connectivity index (χ2v) is 6.45. The maximum atomic E-state index is 11.9. The Morgan fingerprint density at radius 2 is 2.09 bits per heavy atom. The Labute approximate surface area is 132 Å². The molecular formula is C14H19N3O4S. The van der Waals surface area contributed by atoms with Gasteiger partial charge in [-0.1, -0.05) is 6.07 Å².